The lowest BCUT2D eigenvalue weighted by molar-refractivity contribution is -0.162. The van der Waals surface area contributed by atoms with Crippen molar-refractivity contribution in [1.29, 1.82) is 5.26 Å². The molecule has 0 aromatic heterocycles. The van der Waals surface area contributed by atoms with Crippen LogP contribution in [0.15, 0.2) is 23.3 Å². The molecule has 3 nitrogen and oxygen atoms in total. The summed E-state index contributed by atoms with van der Waals surface area (Å²) < 4.78 is 0. The molecule has 6 unspecified atom stereocenters. The minimum Gasteiger partial charge on any atom is -0.295 e. The van der Waals surface area contributed by atoms with E-state index in [1.54, 1.807) is 0 Å². The molecule has 0 aliphatic heterocycles. The SMILES string of the molecule is CC12CCCCC1C1C(=O)C=C3C4(C)C=C(C#N)C(=O)C(C)(C)C4CCC3(C)[C@]1(C)CC2. The molecule has 0 bridgehead atoms. The lowest BCUT2D eigenvalue weighted by Crippen LogP contribution is -2.63. The van der Waals surface area contributed by atoms with Crippen LogP contribution in [0.1, 0.15) is 92.9 Å². The highest BCUT2D eigenvalue weighted by Crippen LogP contribution is 2.73. The Hall–Kier alpha value is -1.69. The molecule has 3 heteroatoms. The zero-order chi connectivity index (χ0) is 23.3. The molecule has 0 heterocycles. The van der Waals surface area contributed by atoms with E-state index in [1.807, 2.05) is 26.0 Å². The Kier molecular flexibility index (Phi) is 4.46. The normalized spacial score (nSPS) is 49.5. The third-order valence-corrected chi connectivity index (χ3v) is 11.7. The van der Waals surface area contributed by atoms with Gasteiger partial charge >= 0.3 is 0 Å². The summed E-state index contributed by atoms with van der Waals surface area (Å²) in [6.07, 6.45) is 13.2. The van der Waals surface area contributed by atoms with Crippen LogP contribution in [0.3, 0.4) is 0 Å². The van der Waals surface area contributed by atoms with Gasteiger partial charge in [0.1, 0.15) is 6.07 Å². The van der Waals surface area contributed by atoms with Gasteiger partial charge in [0.25, 0.3) is 0 Å². The van der Waals surface area contributed by atoms with Gasteiger partial charge < -0.3 is 0 Å². The smallest absolute Gasteiger partial charge is 0.178 e. The molecule has 5 aliphatic carbocycles. The predicted octanol–water partition coefficient (Wildman–Crippen LogP) is 6.59. The molecule has 0 N–H and O–H groups in total. The quantitative estimate of drug-likeness (QED) is 0.433. The van der Waals surface area contributed by atoms with Crippen molar-refractivity contribution in [3.05, 3.63) is 23.3 Å². The van der Waals surface area contributed by atoms with E-state index >= 15 is 0 Å². The second-order valence-corrected chi connectivity index (χ2v) is 13.3. The minimum absolute atomic E-state index is 0.0338. The molecule has 3 saturated carbocycles. The fraction of sp³-hybridized carbons (Fsp3) is 0.759. The average molecular weight is 434 g/mol. The Morgan fingerprint density at radius 2 is 1.66 bits per heavy atom. The van der Waals surface area contributed by atoms with Gasteiger partial charge in [0, 0.05) is 16.7 Å². The monoisotopic (exact) mass is 433 g/mol. The van der Waals surface area contributed by atoms with Crippen LogP contribution in [-0.2, 0) is 9.59 Å². The number of hydrogen-bond donors (Lipinski definition) is 0. The second kappa shape index (κ2) is 6.46. The fourth-order valence-corrected chi connectivity index (χ4v) is 9.61. The molecule has 3 fully saturated rings. The van der Waals surface area contributed by atoms with Gasteiger partial charge in [-0.2, -0.15) is 5.26 Å². The maximum absolute atomic E-state index is 14.0. The minimum atomic E-state index is -0.591. The maximum Gasteiger partial charge on any atom is 0.178 e. The van der Waals surface area contributed by atoms with Crippen LogP contribution in [0.2, 0.25) is 0 Å². The van der Waals surface area contributed by atoms with Gasteiger partial charge in [0.05, 0.1) is 5.57 Å². The third-order valence-electron chi connectivity index (χ3n) is 11.7. The molecule has 0 spiro atoms. The Morgan fingerprint density at radius 3 is 2.34 bits per heavy atom. The summed E-state index contributed by atoms with van der Waals surface area (Å²) in [5, 5.41) is 9.78. The number of rotatable bonds is 0. The summed E-state index contributed by atoms with van der Waals surface area (Å²) in [6.45, 7) is 13.5. The van der Waals surface area contributed by atoms with Crippen LogP contribution in [0.5, 0.6) is 0 Å². The van der Waals surface area contributed by atoms with Gasteiger partial charge in [0.2, 0.25) is 0 Å². The van der Waals surface area contributed by atoms with E-state index in [0.29, 0.717) is 17.1 Å². The number of carbonyl (C=O) groups is 2. The number of Topliss-reactive ketones (excluding diaryl/α,β-unsaturated/α-hetero) is 1. The summed E-state index contributed by atoms with van der Waals surface area (Å²) in [7, 11) is 0. The van der Waals surface area contributed by atoms with Crippen LogP contribution in [0, 0.1) is 56.2 Å². The summed E-state index contributed by atoms with van der Waals surface area (Å²) in [5.74, 6) is 0.996. The van der Waals surface area contributed by atoms with E-state index in [0.717, 1.165) is 19.3 Å². The average Bonchev–Trinajstić information content (AvgIpc) is 2.73. The lowest BCUT2D eigenvalue weighted by atomic mass is 9.35. The Balaban J connectivity index is 1.70. The van der Waals surface area contributed by atoms with Crippen molar-refractivity contribution >= 4 is 11.6 Å². The van der Waals surface area contributed by atoms with Crippen molar-refractivity contribution in [1.82, 2.24) is 0 Å². The predicted molar refractivity (Wildman–Crippen MR) is 125 cm³/mol. The first kappa shape index (κ1) is 22.1. The summed E-state index contributed by atoms with van der Waals surface area (Å²) in [4.78, 5) is 27.1. The van der Waals surface area contributed by atoms with Gasteiger partial charge in [-0.1, -0.05) is 66.0 Å². The summed E-state index contributed by atoms with van der Waals surface area (Å²) in [6, 6.07) is 2.19. The molecule has 0 aromatic carbocycles. The van der Waals surface area contributed by atoms with Crippen LogP contribution >= 0.6 is 0 Å². The molecule has 172 valence electrons. The molecule has 32 heavy (non-hydrogen) atoms. The molecule has 0 saturated heterocycles. The van der Waals surface area contributed by atoms with E-state index in [-0.39, 0.29) is 34.0 Å². The zero-order valence-electron chi connectivity index (χ0n) is 20.8. The standard InChI is InChI=1S/C29H39NO2/c1-25(2)21-10-12-28(5)22(27(21,4)16-18(17-30)24(25)32)15-20(31)23-19-9-7-8-11-26(19,3)13-14-29(23,28)6/h15-16,19,21,23H,7-14H2,1-6H3/t19?,21?,23?,26?,27?,28?,29-/m1/s1. The van der Waals surface area contributed by atoms with Crippen molar-refractivity contribution in [2.75, 3.05) is 0 Å². The van der Waals surface area contributed by atoms with E-state index in [2.05, 4.69) is 33.8 Å². The fourth-order valence-electron chi connectivity index (χ4n) is 9.61. The van der Waals surface area contributed by atoms with Crippen LogP contribution < -0.4 is 0 Å². The van der Waals surface area contributed by atoms with Crippen LogP contribution in [0.25, 0.3) is 0 Å². The number of nitrogens with zero attached hydrogens (tertiary/aromatic N) is 1. The first-order valence-corrected chi connectivity index (χ1v) is 12.8. The highest BCUT2D eigenvalue weighted by Gasteiger charge is 2.68. The Morgan fingerprint density at radius 1 is 0.938 bits per heavy atom. The van der Waals surface area contributed by atoms with Crippen molar-refractivity contribution < 1.29 is 9.59 Å². The number of allylic oxidation sites excluding steroid dienone is 4. The number of fused-ring (bicyclic) bond motifs is 7. The van der Waals surface area contributed by atoms with E-state index < -0.39 is 10.8 Å². The second-order valence-electron chi connectivity index (χ2n) is 13.3. The highest BCUT2D eigenvalue weighted by molar-refractivity contribution is 6.04. The van der Waals surface area contributed by atoms with E-state index in [4.69, 9.17) is 0 Å². The van der Waals surface area contributed by atoms with Crippen molar-refractivity contribution in [3.63, 3.8) is 0 Å². The van der Waals surface area contributed by atoms with Gasteiger partial charge in [-0.25, -0.2) is 0 Å². The zero-order valence-corrected chi connectivity index (χ0v) is 20.8. The topological polar surface area (TPSA) is 57.9 Å². The summed E-state index contributed by atoms with van der Waals surface area (Å²) in [5.41, 5.74) is 0.630. The molecule has 5 rings (SSSR count). The largest absolute Gasteiger partial charge is 0.295 e. The van der Waals surface area contributed by atoms with E-state index in [9.17, 15) is 14.9 Å². The first-order valence-electron chi connectivity index (χ1n) is 12.8. The van der Waals surface area contributed by atoms with Gasteiger partial charge in [-0.15, -0.1) is 0 Å². The number of ketones is 2. The van der Waals surface area contributed by atoms with Crippen LogP contribution in [-0.4, -0.2) is 11.6 Å². The van der Waals surface area contributed by atoms with Crippen LogP contribution in [0.4, 0.5) is 0 Å². The molecule has 7 atom stereocenters. The molecular formula is C29H39NO2. The van der Waals surface area contributed by atoms with Gasteiger partial charge in [-0.05, 0) is 72.7 Å². The molecule has 0 amide bonds. The third kappa shape index (κ3) is 2.43. The highest BCUT2D eigenvalue weighted by atomic mass is 16.1. The molecular weight excluding hydrogens is 394 g/mol. The van der Waals surface area contributed by atoms with Gasteiger partial charge in [-0.3, -0.25) is 9.59 Å². The summed E-state index contributed by atoms with van der Waals surface area (Å²) >= 11 is 0. The molecule has 0 aromatic rings. The van der Waals surface area contributed by atoms with E-state index in [1.165, 1.54) is 37.7 Å². The number of nitriles is 1. The van der Waals surface area contributed by atoms with Crippen molar-refractivity contribution in [2.45, 2.75) is 92.9 Å². The Bertz CT molecular complexity index is 1010. The van der Waals surface area contributed by atoms with Crippen molar-refractivity contribution in [2.24, 2.45) is 44.8 Å². The lowest BCUT2D eigenvalue weighted by Gasteiger charge is -2.68. The van der Waals surface area contributed by atoms with Gasteiger partial charge in [0.15, 0.2) is 11.6 Å². The molecule has 5 aliphatic rings. The molecule has 0 radical (unpaired) electrons. The Labute approximate surface area is 193 Å². The first-order chi connectivity index (χ1) is 14.8. The number of carbonyl (C=O) groups excluding carboxylic acids is 2. The number of hydrogen-bond acceptors (Lipinski definition) is 3. The van der Waals surface area contributed by atoms with Crippen molar-refractivity contribution in [3.8, 4) is 6.07 Å². The maximum atomic E-state index is 14.0.